The third kappa shape index (κ3) is 3.62. The first kappa shape index (κ1) is 16.8. The maximum absolute atomic E-state index is 12.0. The first-order valence-electron chi connectivity index (χ1n) is 9.30. The summed E-state index contributed by atoms with van der Waals surface area (Å²) in [5, 5.41) is 5.87. The van der Waals surface area contributed by atoms with Gasteiger partial charge in [-0.1, -0.05) is 30.3 Å². The van der Waals surface area contributed by atoms with Crippen molar-refractivity contribution < 1.29 is 14.3 Å². The second kappa shape index (κ2) is 7.68. The highest BCUT2D eigenvalue weighted by Crippen LogP contribution is 2.40. The SMILES string of the molecule is O=C(NCCc1ccccc1)NCCc1c2c(cc3c1OCC3)OCC2. The minimum Gasteiger partial charge on any atom is -0.493 e. The van der Waals surface area contributed by atoms with E-state index in [1.54, 1.807) is 0 Å². The van der Waals surface area contributed by atoms with Crippen LogP contribution >= 0.6 is 0 Å². The Kier molecular flexibility index (Phi) is 4.95. The van der Waals surface area contributed by atoms with Gasteiger partial charge in [-0.3, -0.25) is 0 Å². The van der Waals surface area contributed by atoms with Crippen molar-refractivity contribution in [3.8, 4) is 11.5 Å². The summed E-state index contributed by atoms with van der Waals surface area (Å²) in [4.78, 5) is 12.0. The van der Waals surface area contributed by atoms with E-state index in [2.05, 4.69) is 28.8 Å². The number of hydrogen-bond donors (Lipinski definition) is 2. The highest BCUT2D eigenvalue weighted by molar-refractivity contribution is 5.73. The standard InChI is InChI=1S/C21H24N2O3/c24-21(22-10-6-15-4-2-1-3-5-15)23-11-7-18-17-9-13-25-19(17)14-16-8-12-26-20(16)18/h1-5,14H,6-13H2,(H2,22,23,24). The quantitative estimate of drug-likeness (QED) is 0.840. The van der Waals surface area contributed by atoms with Gasteiger partial charge in [0, 0.05) is 42.6 Å². The van der Waals surface area contributed by atoms with Gasteiger partial charge in [0.15, 0.2) is 0 Å². The molecule has 5 nitrogen and oxygen atoms in total. The van der Waals surface area contributed by atoms with Crippen molar-refractivity contribution >= 4 is 6.03 Å². The zero-order valence-electron chi connectivity index (χ0n) is 14.8. The van der Waals surface area contributed by atoms with E-state index in [4.69, 9.17) is 9.47 Å². The van der Waals surface area contributed by atoms with Crippen LogP contribution in [0.2, 0.25) is 0 Å². The van der Waals surface area contributed by atoms with Crippen molar-refractivity contribution in [2.75, 3.05) is 26.3 Å². The third-order valence-electron chi connectivity index (χ3n) is 4.96. The Bertz CT molecular complexity index is 757. The molecule has 2 aliphatic rings. The smallest absolute Gasteiger partial charge is 0.314 e. The van der Waals surface area contributed by atoms with Gasteiger partial charge < -0.3 is 20.1 Å². The molecule has 2 aliphatic heterocycles. The lowest BCUT2D eigenvalue weighted by Gasteiger charge is -2.13. The van der Waals surface area contributed by atoms with Crippen LogP contribution in [0.1, 0.15) is 22.3 Å². The topological polar surface area (TPSA) is 59.6 Å². The molecule has 2 heterocycles. The summed E-state index contributed by atoms with van der Waals surface area (Å²) in [5.41, 5.74) is 4.90. The zero-order valence-corrected chi connectivity index (χ0v) is 14.8. The largest absolute Gasteiger partial charge is 0.493 e. The van der Waals surface area contributed by atoms with Crippen LogP contribution in [0.15, 0.2) is 36.4 Å². The molecule has 0 bridgehead atoms. The minimum absolute atomic E-state index is 0.123. The van der Waals surface area contributed by atoms with E-state index in [1.165, 1.54) is 22.3 Å². The van der Waals surface area contributed by atoms with Gasteiger partial charge in [-0.05, 0) is 24.5 Å². The Hall–Kier alpha value is -2.69. The molecule has 26 heavy (non-hydrogen) atoms. The Balaban J connectivity index is 1.28. The molecule has 2 amide bonds. The fourth-order valence-electron chi connectivity index (χ4n) is 3.68. The summed E-state index contributed by atoms with van der Waals surface area (Å²) in [6, 6.07) is 12.2. The molecule has 2 aromatic rings. The molecule has 0 aliphatic carbocycles. The number of ether oxygens (including phenoxy) is 2. The molecule has 5 heteroatoms. The first-order valence-corrected chi connectivity index (χ1v) is 9.30. The van der Waals surface area contributed by atoms with Crippen LogP contribution in [-0.2, 0) is 25.7 Å². The van der Waals surface area contributed by atoms with Crippen LogP contribution < -0.4 is 20.1 Å². The average molecular weight is 352 g/mol. The number of hydrogen-bond acceptors (Lipinski definition) is 3. The lowest BCUT2D eigenvalue weighted by Crippen LogP contribution is -2.37. The van der Waals surface area contributed by atoms with Gasteiger partial charge in [-0.15, -0.1) is 0 Å². The number of urea groups is 1. The molecule has 0 spiro atoms. The molecule has 0 fully saturated rings. The van der Waals surface area contributed by atoms with Crippen molar-refractivity contribution in [3.63, 3.8) is 0 Å². The van der Waals surface area contributed by atoms with Crippen LogP contribution in [0, 0.1) is 0 Å². The highest BCUT2D eigenvalue weighted by Gasteiger charge is 2.26. The number of fused-ring (bicyclic) bond motifs is 2. The van der Waals surface area contributed by atoms with Crippen molar-refractivity contribution in [1.29, 1.82) is 0 Å². The van der Waals surface area contributed by atoms with E-state index in [1.807, 2.05) is 18.2 Å². The molecule has 0 aromatic heterocycles. The Morgan fingerprint density at radius 3 is 2.58 bits per heavy atom. The number of amides is 2. The van der Waals surface area contributed by atoms with Crippen molar-refractivity contribution in [3.05, 3.63) is 58.7 Å². The van der Waals surface area contributed by atoms with Gasteiger partial charge in [-0.25, -0.2) is 4.79 Å². The average Bonchev–Trinajstić information content (AvgIpc) is 3.31. The molecule has 0 saturated carbocycles. The summed E-state index contributed by atoms with van der Waals surface area (Å²) >= 11 is 0. The third-order valence-corrected chi connectivity index (χ3v) is 4.96. The molecule has 4 rings (SSSR count). The summed E-state index contributed by atoms with van der Waals surface area (Å²) in [7, 11) is 0. The van der Waals surface area contributed by atoms with Crippen LogP contribution in [0.4, 0.5) is 4.79 Å². The van der Waals surface area contributed by atoms with Gasteiger partial charge >= 0.3 is 6.03 Å². The van der Waals surface area contributed by atoms with Crippen LogP contribution in [0.3, 0.4) is 0 Å². The van der Waals surface area contributed by atoms with Crippen LogP contribution in [0.5, 0.6) is 11.5 Å². The number of carbonyl (C=O) groups is 1. The Morgan fingerprint density at radius 2 is 1.73 bits per heavy atom. The molecular formula is C21H24N2O3. The van der Waals surface area contributed by atoms with Crippen LogP contribution in [0.25, 0.3) is 0 Å². The van der Waals surface area contributed by atoms with Gasteiger partial charge in [0.2, 0.25) is 0 Å². The van der Waals surface area contributed by atoms with Gasteiger partial charge in [-0.2, -0.15) is 0 Å². The number of rotatable bonds is 6. The minimum atomic E-state index is -0.123. The Morgan fingerprint density at radius 1 is 0.962 bits per heavy atom. The monoisotopic (exact) mass is 352 g/mol. The van der Waals surface area contributed by atoms with E-state index in [9.17, 15) is 4.79 Å². The normalized spacial score (nSPS) is 14.2. The fraction of sp³-hybridized carbons (Fsp3) is 0.381. The fourth-order valence-corrected chi connectivity index (χ4v) is 3.68. The number of benzene rings is 2. The van der Waals surface area contributed by atoms with Crippen molar-refractivity contribution in [2.24, 2.45) is 0 Å². The lowest BCUT2D eigenvalue weighted by atomic mass is 9.97. The number of carbonyl (C=O) groups excluding carboxylic acids is 1. The predicted octanol–water partition coefficient (Wildman–Crippen LogP) is 2.64. The molecule has 136 valence electrons. The van der Waals surface area contributed by atoms with Gasteiger partial charge in [0.25, 0.3) is 0 Å². The Labute approximate surface area is 153 Å². The summed E-state index contributed by atoms with van der Waals surface area (Å²) in [6.45, 7) is 2.68. The zero-order chi connectivity index (χ0) is 17.8. The maximum Gasteiger partial charge on any atom is 0.314 e. The second-order valence-electron chi connectivity index (χ2n) is 6.69. The summed E-state index contributed by atoms with van der Waals surface area (Å²) < 4.78 is 11.6. The van der Waals surface area contributed by atoms with Gasteiger partial charge in [0.05, 0.1) is 13.2 Å². The van der Waals surface area contributed by atoms with Gasteiger partial charge in [0.1, 0.15) is 11.5 Å². The van der Waals surface area contributed by atoms with Crippen molar-refractivity contribution in [2.45, 2.75) is 25.7 Å². The van der Waals surface area contributed by atoms with E-state index in [0.717, 1.165) is 50.4 Å². The molecule has 0 unspecified atom stereocenters. The van der Waals surface area contributed by atoms with E-state index in [-0.39, 0.29) is 6.03 Å². The summed E-state index contributed by atoms with van der Waals surface area (Å²) in [6.07, 6.45) is 3.46. The van der Waals surface area contributed by atoms with E-state index >= 15 is 0 Å². The van der Waals surface area contributed by atoms with Crippen molar-refractivity contribution in [1.82, 2.24) is 10.6 Å². The second-order valence-corrected chi connectivity index (χ2v) is 6.69. The molecule has 0 saturated heterocycles. The van der Waals surface area contributed by atoms with E-state index in [0.29, 0.717) is 13.1 Å². The molecule has 2 N–H and O–H groups in total. The first-order chi connectivity index (χ1) is 12.8. The highest BCUT2D eigenvalue weighted by atomic mass is 16.5. The van der Waals surface area contributed by atoms with Crippen LogP contribution in [-0.4, -0.2) is 32.3 Å². The maximum atomic E-state index is 12.0. The molecular weight excluding hydrogens is 328 g/mol. The summed E-state index contributed by atoms with van der Waals surface area (Å²) in [5.74, 6) is 2.01. The lowest BCUT2D eigenvalue weighted by molar-refractivity contribution is 0.241. The molecule has 2 aromatic carbocycles. The predicted molar refractivity (Wildman–Crippen MR) is 100 cm³/mol. The molecule has 0 radical (unpaired) electrons. The number of nitrogens with one attached hydrogen (secondary N) is 2. The van der Waals surface area contributed by atoms with E-state index < -0.39 is 0 Å². The molecule has 0 atom stereocenters.